The molecule has 2 aliphatic heterocycles. The predicted octanol–water partition coefficient (Wildman–Crippen LogP) is 5.53. The SMILES string of the molecule is COc1ccc(C(CCN2CCCCC2)N2c3ccccc3C=CC2C)cc1. The van der Waals surface area contributed by atoms with Gasteiger partial charge in [0, 0.05) is 18.3 Å². The highest BCUT2D eigenvalue weighted by Crippen LogP contribution is 2.38. The standard InChI is InChI=1S/C25H32N2O/c1-20-10-11-21-8-4-5-9-24(21)27(20)25(16-19-26-17-6-3-7-18-26)22-12-14-23(28-2)15-13-22/h4-5,8-15,20,25H,3,6-7,16-19H2,1-2H3. The topological polar surface area (TPSA) is 15.7 Å². The highest BCUT2D eigenvalue weighted by atomic mass is 16.5. The first-order chi connectivity index (χ1) is 13.8. The Morgan fingerprint density at radius 1 is 1.00 bits per heavy atom. The molecule has 0 amide bonds. The van der Waals surface area contributed by atoms with E-state index in [4.69, 9.17) is 4.74 Å². The largest absolute Gasteiger partial charge is 0.497 e. The molecule has 1 saturated heterocycles. The summed E-state index contributed by atoms with van der Waals surface area (Å²) in [5, 5.41) is 0. The molecule has 1 fully saturated rings. The smallest absolute Gasteiger partial charge is 0.118 e. The number of anilines is 1. The summed E-state index contributed by atoms with van der Waals surface area (Å²) < 4.78 is 5.39. The molecule has 2 unspecified atom stereocenters. The Balaban J connectivity index is 1.64. The third-order valence-corrected chi connectivity index (χ3v) is 6.21. The van der Waals surface area contributed by atoms with E-state index < -0.39 is 0 Å². The Labute approximate surface area is 169 Å². The van der Waals surface area contributed by atoms with Crippen molar-refractivity contribution in [3.8, 4) is 5.75 Å². The van der Waals surface area contributed by atoms with Crippen molar-refractivity contribution >= 4 is 11.8 Å². The summed E-state index contributed by atoms with van der Waals surface area (Å²) in [7, 11) is 1.73. The number of piperidine rings is 1. The summed E-state index contributed by atoms with van der Waals surface area (Å²) >= 11 is 0. The molecule has 0 N–H and O–H groups in total. The van der Waals surface area contributed by atoms with Crippen LogP contribution in [0.25, 0.3) is 6.08 Å². The van der Waals surface area contributed by atoms with E-state index in [1.54, 1.807) is 7.11 Å². The Bertz CT molecular complexity index is 792. The van der Waals surface area contributed by atoms with Gasteiger partial charge < -0.3 is 14.5 Å². The van der Waals surface area contributed by atoms with E-state index in [0.29, 0.717) is 12.1 Å². The molecule has 2 atom stereocenters. The minimum atomic E-state index is 0.355. The number of ether oxygens (including phenoxy) is 1. The van der Waals surface area contributed by atoms with Crippen molar-refractivity contribution in [2.24, 2.45) is 0 Å². The molecular formula is C25H32N2O. The number of rotatable bonds is 6. The number of hydrogen-bond acceptors (Lipinski definition) is 3. The van der Waals surface area contributed by atoms with Gasteiger partial charge in [0.25, 0.3) is 0 Å². The Morgan fingerprint density at radius 2 is 1.75 bits per heavy atom. The highest BCUT2D eigenvalue weighted by Gasteiger charge is 2.28. The fourth-order valence-electron chi connectivity index (χ4n) is 4.65. The van der Waals surface area contributed by atoms with E-state index in [2.05, 4.69) is 77.4 Å². The number of hydrogen-bond donors (Lipinski definition) is 0. The van der Waals surface area contributed by atoms with Crippen LogP contribution in [0.3, 0.4) is 0 Å². The van der Waals surface area contributed by atoms with Crippen molar-refractivity contribution in [1.29, 1.82) is 0 Å². The van der Waals surface area contributed by atoms with Gasteiger partial charge in [-0.2, -0.15) is 0 Å². The summed E-state index contributed by atoms with van der Waals surface area (Å²) in [6.07, 6.45) is 9.82. The molecule has 0 spiro atoms. The third-order valence-electron chi connectivity index (χ3n) is 6.21. The zero-order chi connectivity index (χ0) is 19.3. The molecule has 0 radical (unpaired) electrons. The minimum Gasteiger partial charge on any atom is -0.497 e. The van der Waals surface area contributed by atoms with Crippen LogP contribution in [-0.2, 0) is 0 Å². The lowest BCUT2D eigenvalue weighted by Gasteiger charge is -2.41. The first-order valence-corrected chi connectivity index (χ1v) is 10.7. The van der Waals surface area contributed by atoms with E-state index in [1.165, 1.54) is 49.2 Å². The molecule has 148 valence electrons. The molecule has 28 heavy (non-hydrogen) atoms. The lowest BCUT2D eigenvalue weighted by atomic mass is 9.94. The monoisotopic (exact) mass is 376 g/mol. The molecule has 3 heteroatoms. The van der Waals surface area contributed by atoms with Crippen molar-refractivity contribution in [1.82, 2.24) is 4.90 Å². The molecule has 4 rings (SSSR count). The predicted molar refractivity (Wildman–Crippen MR) is 118 cm³/mol. The van der Waals surface area contributed by atoms with Crippen LogP contribution in [0, 0.1) is 0 Å². The van der Waals surface area contributed by atoms with Crippen LogP contribution in [-0.4, -0.2) is 37.7 Å². The van der Waals surface area contributed by atoms with Gasteiger partial charge in [-0.3, -0.25) is 0 Å². The maximum atomic E-state index is 5.39. The molecular weight excluding hydrogens is 344 g/mol. The molecule has 2 heterocycles. The molecule has 0 aliphatic carbocycles. The van der Waals surface area contributed by atoms with Gasteiger partial charge in [-0.15, -0.1) is 0 Å². The number of fused-ring (bicyclic) bond motifs is 1. The lowest BCUT2D eigenvalue weighted by Crippen LogP contribution is -2.40. The van der Waals surface area contributed by atoms with Crippen LogP contribution in [0.15, 0.2) is 54.6 Å². The lowest BCUT2D eigenvalue weighted by molar-refractivity contribution is 0.219. The average molecular weight is 377 g/mol. The highest BCUT2D eigenvalue weighted by molar-refractivity contribution is 5.72. The van der Waals surface area contributed by atoms with Crippen LogP contribution >= 0.6 is 0 Å². The van der Waals surface area contributed by atoms with E-state index >= 15 is 0 Å². The fourth-order valence-corrected chi connectivity index (χ4v) is 4.65. The molecule has 0 saturated carbocycles. The quantitative estimate of drug-likeness (QED) is 0.659. The van der Waals surface area contributed by atoms with Gasteiger partial charge in [-0.05, 0) is 68.6 Å². The summed E-state index contributed by atoms with van der Waals surface area (Å²) in [4.78, 5) is 5.26. The molecule has 0 bridgehead atoms. The summed E-state index contributed by atoms with van der Waals surface area (Å²) in [6.45, 7) is 5.97. The van der Waals surface area contributed by atoms with Gasteiger partial charge in [-0.1, -0.05) is 48.9 Å². The number of methoxy groups -OCH3 is 1. The van der Waals surface area contributed by atoms with Gasteiger partial charge in [0.15, 0.2) is 0 Å². The summed E-state index contributed by atoms with van der Waals surface area (Å²) in [5.41, 5.74) is 4.03. The minimum absolute atomic E-state index is 0.355. The van der Waals surface area contributed by atoms with E-state index in [0.717, 1.165) is 18.7 Å². The molecule has 0 aromatic heterocycles. The van der Waals surface area contributed by atoms with Crippen molar-refractivity contribution in [2.45, 2.75) is 44.7 Å². The van der Waals surface area contributed by atoms with Gasteiger partial charge in [0.1, 0.15) is 5.75 Å². The second-order valence-electron chi connectivity index (χ2n) is 8.05. The van der Waals surface area contributed by atoms with Gasteiger partial charge >= 0.3 is 0 Å². The number of para-hydroxylation sites is 1. The Hall–Kier alpha value is -2.26. The van der Waals surface area contributed by atoms with Crippen molar-refractivity contribution < 1.29 is 4.74 Å². The maximum absolute atomic E-state index is 5.39. The summed E-state index contributed by atoms with van der Waals surface area (Å²) in [5.74, 6) is 0.922. The zero-order valence-corrected chi connectivity index (χ0v) is 17.2. The number of likely N-dealkylation sites (tertiary alicyclic amines) is 1. The van der Waals surface area contributed by atoms with Gasteiger partial charge in [0.2, 0.25) is 0 Å². The van der Waals surface area contributed by atoms with Crippen LogP contribution in [0.2, 0.25) is 0 Å². The van der Waals surface area contributed by atoms with E-state index in [-0.39, 0.29) is 0 Å². The van der Waals surface area contributed by atoms with Crippen LogP contribution in [0.1, 0.15) is 49.8 Å². The number of benzene rings is 2. The third kappa shape index (κ3) is 4.10. The normalized spacial score (nSPS) is 20.6. The van der Waals surface area contributed by atoms with E-state index in [9.17, 15) is 0 Å². The summed E-state index contributed by atoms with van der Waals surface area (Å²) in [6, 6.07) is 18.2. The Morgan fingerprint density at radius 3 is 2.50 bits per heavy atom. The molecule has 2 aliphatic rings. The van der Waals surface area contributed by atoms with E-state index in [1.807, 2.05) is 0 Å². The second-order valence-corrected chi connectivity index (χ2v) is 8.05. The van der Waals surface area contributed by atoms with Crippen LogP contribution < -0.4 is 9.64 Å². The first-order valence-electron chi connectivity index (χ1n) is 10.7. The maximum Gasteiger partial charge on any atom is 0.118 e. The van der Waals surface area contributed by atoms with Gasteiger partial charge in [0.05, 0.1) is 13.2 Å². The van der Waals surface area contributed by atoms with Crippen molar-refractivity contribution in [3.63, 3.8) is 0 Å². The Kier molecular flexibility index (Phi) is 6.01. The average Bonchev–Trinajstić information content (AvgIpc) is 2.76. The van der Waals surface area contributed by atoms with Gasteiger partial charge in [-0.25, -0.2) is 0 Å². The molecule has 2 aromatic carbocycles. The zero-order valence-electron chi connectivity index (χ0n) is 17.2. The van der Waals surface area contributed by atoms with Crippen molar-refractivity contribution in [2.75, 3.05) is 31.6 Å². The first kappa shape index (κ1) is 19.1. The number of nitrogens with zero attached hydrogens (tertiary/aromatic N) is 2. The van der Waals surface area contributed by atoms with Crippen LogP contribution in [0.5, 0.6) is 5.75 Å². The van der Waals surface area contributed by atoms with Crippen molar-refractivity contribution in [3.05, 3.63) is 65.7 Å². The fraction of sp³-hybridized carbons (Fsp3) is 0.440. The second kappa shape index (κ2) is 8.83. The van der Waals surface area contributed by atoms with Crippen LogP contribution in [0.4, 0.5) is 5.69 Å². The molecule has 3 nitrogen and oxygen atoms in total. The molecule has 2 aromatic rings.